The predicted octanol–water partition coefficient (Wildman–Crippen LogP) is 4.43. The number of benzene rings is 1. The Labute approximate surface area is 145 Å². The molecule has 0 bridgehead atoms. The van der Waals surface area contributed by atoms with E-state index in [-0.39, 0.29) is 5.78 Å². The molecule has 0 saturated heterocycles. The predicted molar refractivity (Wildman–Crippen MR) is 92.5 cm³/mol. The third-order valence-corrected chi connectivity index (χ3v) is 5.56. The number of hydrogen-bond acceptors (Lipinski definition) is 2. The number of ketones is 1. The maximum Gasteiger partial charge on any atom is 0.168 e. The van der Waals surface area contributed by atoms with E-state index in [9.17, 15) is 4.79 Å². The van der Waals surface area contributed by atoms with Crippen molar-refractivity contribution in [1.29, 1.82) is 0 Å². The van der Waals surface area contributed by atoms with E-state index >= 15 is 0 Å². The van der Waals surface area contributed by atoms with E-state index in [0.29, 0.717) is 17.0 Å². The molecule has 1 heterocycles. The average Bonchev–Trinajstić information content (AvgIpc) is 2.69. The molecule has 20 heavy (non-hydrogen) atoms. The van der Waals surface area contributed by atoms with Crippen LogP contribution in [-0.2, 0) is 19.9 Å². The van der Waals surface area contributed by atoms with Crippen molar-refractivity contribution in [3.05, 3.63) is 48.2 Å². The van der Waals surface area contributed by atoms with Crippen LogP contribution in [0.25, 0.3) is 0 Å². The SMILES string of the molecule is CCc1nn(C)c(CC(=O)c2ccc(I)c(Cl)c2)c1Br. The van der Waals surface area contributed by atoms with Crippen LogP contribution in [0.4, 0.5) is 0 Å². The van der Waals surface area contributed by atoms with E-state index in [1.807, 2.05) is 20.0 Å². The van der Waals surface area contributed by atoms with Crippen LogP contribution in [0.1, 0.15) is 28.7 Å². The van der Waals surface area contributed by atoms with Crippen LogP contribution in [0.3, 0.4) is 0 Å². The Bertz CT molecular complexity index is 669. The lowest BCUT2D eigenvalue weighted by molar-refractivity contribution is 0.0990. The molecular formula is C14H13BrClIN2O. The number of aryl methyl sites for hydroxylation is 2. The number of hydrogen-bond donors (Lipinski definition) is 0. The first-order chi connectivity index (χ1) is 9.43. The van der Waals surface area contributed by atoms with Crippen molar-refractivity contribution in [3.8, 4) is 0 Å². The summed E-state index contributed by atoms with van der Waals surface area (Å²) in [7, 11) is 1.85. The molecule has 0 aliphatic rings. The van der Waals surface area contributed by atoms with Gasteiger partial charge in [-0.3, -0.25) is 9.48 Å². The number of nitrogens with zero attached hydrogens (tertiary/aromatic N) is 2. The molecule has 0 fully saturated rings. The van der Waals surface area contributed by atoms with Crippen molar-refractivity contribution in [2.45, 2.75) is 19.8 Å². The molecule has 0 aliphatic heterocycles. The second-order valence-electron chi connectivity index (χ2n) is 4.41. The lowest BCUT2D eigenvalue weighted by Gasteiger charge is -2.04. The van der Waals surface area contributed by atoms with Crippen molar-refractivity contribution in [2.24, 2.45) is 7.05 Å². The van der Waals surface area contributed by atoms with E-state index in [4.69, 9.17) is 11.6 Å². The minimum atomic E-state index is 0.0367. The van der Waals surface area contributed by atoms with Crippen molar-refractivity contribution >= 4 is 55.9 Å². The topological polar surface area (TPSA) is 34.9 Å². The maximum atomic E-state index is 12.4. The van der Waals surface area contributed by atoms with Gasteiger partial charge < -0.3 is 0 Å². The molecule has 2 rings (SSSR count). The minimum Gasteiger partial charge on any atom is -0.294 e. The zero-order valence-electron chi connectivity index (χ0n) is 11.1. The van der Waals surface area contributed by atoms with Crippen LogP contribution in [0.2, 0.25) is 5.02 Å². The molecule has 0 spiro atoms. The molecule has 6 heteroatoms. The van der Waals surface area contributed by atoms with Crippen LogP contribution in [0.15, 0.2) is 22.7 Å². The van der Waals surface area contributed by atoms with Gasteiger partial charge in [-0.25, -0.2) is 0 Å². The number of Topliss-reactive ketones (excluding diaryl/α,β-unsaturated/α-hetero) is 1. The molecular weight excluding hydrogens is 454 g/mol. The van der Waals surface area contributed by atoms with Crippen molar-refractivity contribution in [3.63, 3.8) is 0 Å². The fraction of sp³-hybridized carbons (Fsp3) is 0.286. The van der Waals surface area contributed by atoms with E-state index in [0.717, 1.165) is 25.9 Å². The Kier molecular flexibility index (Phi) is 5.25. The first kappa shape index (κ1) is 16.0. The molecule has 0 amide bonds. The van der Waals surface area contributed by atoms with Crippen LogP contribution < -0.4 is 0 Å². The van der Waals surface area contributed by atoms with Gasteiger partial charge in [0, 0.05) is 16.2 Å². The minimum absolute atomic E-state index is 0.0367. The molecule has 0 unspecified atom stereocenters. The second kappa shape index (κ2) is 6.58. The smallest absolute Gasteiger partial charge is 0.168 e. The standard InChI is InChI=1S/C14H13BrClIN2O/c1-3-11-14(15)12(19(2)18-11)7-13(20)8-4-5-10(17)9(16)6-8/h4-6H,3,7H2,1-2H3. The van der Waals surface area contributed by atoms with E-state index in [1.54, 1.807) is 16.8 Å². The van der Waals surface area contributed by atoms with Gasteiger partial charge in [0.15, 0.2) is 5.78 Å². The van der Waals surface area contributed by atoms with Gasteiger partial charge in [0.1, 0.15) is 0 Å². The summed E-state index contributed by atoms with van der Waals surface area (Å²) in [4.78, 5) is 12.4. The van der Waals surface area contributed by atoms with E-state index in [1.165, 1.54) is 0 Å². The third kappa shape index (κ3) is 3.26. The number of halogens is 3. The lowest BCUT2D eigenvalue weighted by atomic mass is 10.1. The summed E-state index contributed by atoms with van der Waals surface area (Å²) < 4.78 is 3.62. The molecule has 2 aromatic rings. The maximum absolute atomic E-state index is 12.4. The summed E-state index contributed by atoms with van der Waals surface area (Å²) in [5.41, 5.74) is 2.49. The molecule has 0 atom stereocenters. The zero-order valence-corrected chi connectivity index (χ0v) is 15.6. The number of aromatic nitrogens is 2. The lowest BCUT2D eigenvalue weighted by Crippen LogP contribution is -2.08. The summed E-state index contributed by atoms with van der Waals surface area (Å²) in [6, 6.07) is 5.38. The van der Waals surface area contributed by atoms with Gasteiger partial charge in [0.25, 0.3) is 0 Å². The van der Waals surface area contributed by atoms with Crippen LogP contribution >= 0.6 is 50.1 Å². The van der Waals surface area contributed by atoms with Crippen LogP contribution in [0.5, 0.6) is 0 Å². The highest BCUT2D eigenvalue weighted by atomic mass is 127. The molecule has 0 saturated carbocycles. The molecule has 1 aromatic heterocycles. The Morgan fingerprint density at radius 2 is 2.20 bits per heavy atom. The monoisotopic (exact) mass is 466 g/mol. The van der Waals surface area contributed by atoms with E-state index in [2.05, 4.69) is 43.6 Å². The van der Waals surface area contributed by atoms with Crippen molar-refractivity contribution < 1.29 is 4.79 Å². The zero-order chi connectivity index (χ0) is 14.9. The second-order valence-corrected chi connectivity index (χ2v) is 6.78. The van der Waals surface area contributed by atoms with Gasteiger partial charge in [-0.15, -0.1) is 0 Å². The van der Waals surface area contributed by atoms with Crippen LogP contribution in [0, 0.1) is 3.57 Å². The summed E-state index contributed by atoms with van der Waals surface area (Å²) >= 11 is 11.7. The third-order valence-electron chi connectivity index (χ3n) is 3.07. The fourth-order valence-electron chi connectivity index (χ4n) is 1.94. The largest absolute Gasteiger partial charge is 0.294 e. The van der Waals surface area contributed by atoms with Gasteiger partial charge in [-0.1, -0.05) is 24.6 Å². The molecule has 0 radical (unpaired) electrons. The molecule has 0 N–H and O–H groups in total. The first-order valence-corrected chi connectivity index (χ1v) is 8.37. The first-order valence-electron chi connectivity index (χ1n) is 6.12. The Balaban J connectivity index is 2.28. The number of carbonyl (C=O) groups is 1. The molecule has 106 valence electrons. The normalized spacial score (nSPS) is 10.8. The molecule has 3 nitrogen and oxygen atoms in total. The summed E-state index contributed by atoms with van der Waals surface area (Å²) in [5.74, 6) is 0.0367. The summed E-state index contributed by atoms with van der Waals surface area (Å²) in [6.45, 7) is 2.04. The highest BCUT2D eigenvalue weighted by molar-refractivity contribution is 14.1. The Morgan fingerprint density at radius 1 is 1.50 bits per heavy atom. The van der Waals surface area contributed by atoms with Gasteiger partial charge in [-0.05, 0) is 57.1 Å². The van der Waals surface area contributed by atoms with E-state index < -0.39 is 0 Å². The fourth-order valence-corrected chi connectivity index (χ4v) is 3.21. The molecule has 0 aliphatic carbocycles. The highest BCUT2D eigenvalue weighted by Crippen LogP contribution is 2.24. The highest BCUT2D eigenvalue weighted by Gasteiger charge is 2.17. The average molecular weight is 468 g/mol. The summed E-state index contributed by atoms with van der Waals surface area (Å²) in [6.07, 6.45) is 1.14. The Hall–Kier alpha value is -0.400. The number of rotatable bonds is 4. The van der Waals surface area contributed by atoms with Crippen molar-refractivity contribution in [2.75, 3.05) is 0 Å². The van der Waals surface area contributed by atoms with Gasteiger partial charge >= 0.3 is 0 Å². The van der Waals surface area contributed by atoms with Crippen molar-refractivity contribution in [1.82, 2.24) is 9.78 Å². The summed E-state index contributed by atoms with van der Waals surface area (Å²) in [5, 5.41) is 5.00. The quantitative estimate of drug-likeness (QED) is 0.493. The van der Waals surface area contributed by atoms with Crippen LogP contribution in [-0.4, -0.2) is 15.6 Å². The molecule has 1 aromatic carbocycles. The Morgan fingerprint density at radius 3 is 2.75 bits per heavy atom. The van der Waals surface area contributed by atoms with Gasteiger partial charge in [-0.2, -0.15) is 5.10 Å². The number of carbonyl (C=O) groups excluding carboxylic acids is 1. The van der Waals surface area contributed by atoms with Gasteiger partial charge in [0.05, 0.1) is 27.3 Å². The van der Waals surface area contributed by atoms with Gasteiger partial charge in [0.2, 0.25) is 0 Å².